The van der Waals surface area contributed by atoms with Crippen LogP contribution in [0.15, 0.2) is 0 Å². The molecule has 0 aromatic carbocycles. The van der Waals surface area contributed by atoms with Crippen molar-refractivity contribution in [2.45, 2.75) is 39.3 Å². The molecule has 1 amide bonds. The summed E-state index contributed by atoms with van der Waals surface area (Å²) in [5, 5.41) is 3.06. The van der Waals surface area contributed by atoms with E-state index in [1.165, 1.54) is 0 Å². The lowest BCUT2D eigenvalue weighted by atomic mass is 10.0. The number of likely N-dealkylation sites (N-methyl/N-ethyl adjacent to an activating group) is 1. The summed E-state index contributed by atoms with van der Waals surface area (Å²) in [5.41, 5.74) is 0. The molecule has 0 aromatic heterocycles. The average Bonchev–Trinajstić information content (AvgIpc) is 2.60. The first-order valence-electron chi connectivity index (χ1n) is 6.17. The minimum absolute atomic E-state index is 0.00266. The molecular weight excluding hydrogens is 204 g/mol. The molecule has 1 fully saturated rings. The van der Waals surface area contributed by atoms with E-state index in [9.17, 15) is 4.79 Å². The van der Waals surface area contributed by atoms with E-state index in [1.807, 2.05) is 18.9 Å². The van der Waals surface area contributed by atoms with Gasteiger partial charge in [-0.1, -0.05) is 13.8 Å². The Balaban J connectivity index is 2.61. The Kier molecular flexibility index (Phi) is 5.22. The van der Waals surface area contributed by atoms with E-state index >= 15 is 0 Å². The third kappa shape index (κ3) is 2.95. The van der Waals surface area contributed by atoms with E-state index < -0.39 is 0 Å². The van der Waals surface area contributed by atoms with E-state index in [-0.39, 0.29) is 18.0 Å². The SMILES string of the molecule is CCOCC(C(C)C)N1CCC(NC)C1=O. The van der Waals surface area contributed by atoms with Gasteiger partial charge in [0.25, 0.3) is 0 Å². The fraction of sp³-hybridized carbons (Fsp3) is 0.917. The zero-order valence-corrected chi connectivity index (χ0v) is 10.8. The summed E-state index contributed by atoms with van der Waals surface area (Å²) in [6, 6.07) is 0.216. The van der Waals surface area contributed by atoms with Crippen LogP contribution in [0.4, 0.5) is 0 Å². The maximum absolute atomic E-state index is 12.1. The Hall–Kier alpha value is -0.610. The number of ether oxygens (including phenoxy) is 1. The molecule has 1 aliphatic heterocycles. The van der Waals surface area contributed by atoms with Gasteiger partial charge in [0.15, 0.2) is 0 Å². The number of hydrogen-bond donors (Lipinski definition) is 1. The van der Waals surface area contributed by atoms with Gasteiger partial charge in [-0.05, 0) is 26.3 Å². The highest BCUT2D eigenvalue weighted by Crippen LogP contribution is 2.19. The van der Waals surface area contributed by atoms with Gasteiger partial charge >= 0.3 is 0 Å². The largest absolute Gasteiger partial charge is 0.380 e. The fourth-order valence-electron chi connectivity index (χ4n) is 2.18. The van der Waals surface area contributed by atoms with Crippen LogP contribution in [0.2, 0.25) is 0 Å². The van der Waals surface area contributed by atoms with Crippen LogP contribution in [0.25, 0.3) is 0 Å². The zero-order chi connectivity index (χ0) is 12.1. The van der Waals surface area contributed by atoms with Crippen molar-refractivity contribution in [3.63, 3.8) is 0 Å². The molecular formula is C12H24N2O2. The lowest BCUT2D eigenvalue weighted by Gasteiger charge is -2.31. The molecule has 1 saturated heterocycles. The van der Waals surface area contributed by atoms with Gasteiger partial charge in [-0.15, -0.1) is 0 Å². The molecule has 4 heteroatoms. The summed E-state index contributed by atoms with van der Waals surface area (Å²) in [5.74, 6) is 0.659. The van der Waals surface area contributed by atoms with Crippen LogP contribution in [0.3, 0.4) is 0 Å². The van der Waals surface area contributed by atoms with E-state index in [0.29, 0.717) is 19.1 Å². The highest BCUT2D eigenvalue weighted by atomic mass is 16.5. The Bertz CT molecular complexity index is 231. The monoisotopic (exact) mass is 228 g/mol. The van der Waals surface area contributed by atoms with E-state index in [2.05, 4.69) is 19.2 Å². The number of carbonyl (C=O) groups excluding carboxylic acids is 1. The van der Waals surface area contributed by atoms with Gasteiger partial charge < -0.3 is 15.0 Å². The molecule has 1 heterocycles. The number of likely N-dealkylation sites (tertiary alicyclic amines) is 1. The zero-order valence-electron chi connectivity index (χ0n) is 10.8. The predicted molar refractivity (Wildman–Crippen MR) is 64.3 cm³/mol. The topological polar surface area (TPSA) is 41.6 Å². The smallest absolute Gasteiger partial charge is 0.240 e. The van der Waals surface area contributed by atoms with Crippen molar-refractivity contribution in [2.24, 2.45) is 5.92 Å². The molecule has 1 aliphatic rings. The predicted octanol–water partition coefficient (Wildman–Crippen LogP) is 0.868. The summed E-state index contributed by atoms with van der Waals surface area (Å²) < 4.78 is 5.47. The quantitative estimate of drug-likeness (QED) is 0.733. The number of hydrogen-bond acceptors (Lipinski definition) is 3. The average molecular weight is 228 g/mol. The van der Waals surface area contributed by atoms with Gasteiger partial charge in [-0.25, -0.2) is 0 Å². The van der Waals surface area contributed by atoms with Crippen molar-refractivity contribution in [3.8, 4) is 0 Å². The molecule has 4 nitrogen and oxygen atoms in total. The van der Waals surface area contributed by atoms with E-state index in [0.717, 1.165) is 13.0 Å². The minimum Gasteiger partial charge on any atom is -0.380 e. The molecule has 94 valence electrons. The molecule has 1 rings (SSSR count). The number of nitrogens with zero attached hydrogens (tertiary/aromatic N) is 1. The number of nitrogens with one attached hydrogen (secondary N) is 1. The molecule has 16 heavy (non-hydrogen) atoms. The summed E-state index contributed by atoms with van der Waals surface area (Å²) in [4.78, 5) is 14.0. The summed E-state index contributed by atoms with van der Waals surface area (Å²) in [6.07, 6.45) is 0.907. The van der Waals surface area contributed by atoms with E-state index in [1.54, 1.807) is 0 Å². The lowest BCUT2D eigenvalue weighted by molar-refractivity contribution is -0.133. The molecule has 0 aliphatic carbocycles. The Morgan fingerprint density at radius 2 is 2.25 bits per heavy atom. The van der Waals surface area contributed by atoms with Crippen molar-refractivity contribution >= 4 is 5.91 Å². The highest BCUT2D eigenvalue weighted by molar-refractivity contribution is 5.84. The second kappa shape index (κ2) is 6.21. The summed E-state index contributed by atoms with van der Waals surface area (Å²) in [7, 11) is 1.85. The van der Waals surface area contributed by atoms with Crippen molar-refractivity contribution in [2.75, 3.05) is 26.8 Å². The molecule has 0 radical (unpaired) electrons. The first kappa shape index (κ1) is 13.5. The number of carbonyl (C=O) groups is 1. The van der Waals surface area contributed by atoms with Crippen LogP contribution in [0.5, 0.6) is 0 Å². The molecule has 0 spiro atoms. The third-order valence-corrected chi connectivity index (χ3v) is 3.25. The van der Waals surface area contributed by atoms with Crippen molar-refractivity contribution < 1.29 is 9.53 Å². The maximum atomic E-state index is 12.1. The molecule has 0 bridgehead atoms. The molecule has 0 saturated carbocycles. The van der Waals surface area contributed by atoms with Crippen molar-refractivity contribution in [3.05, 3.63) is 0 Å². The van der Waals surface area contributed by atoms with E-state index in [4.69, 9.17) is 4.74 Å². The highest BCUT2D eigenvalue weighted by Gasteiger charge is 2.36. The second-order valence-corrected chi connectivity index (χ2v) is 4.63. The fourth-order valence-corrected chi connectivity index (χ4v) is 2.18. The molecule has 2 unspecified atom stereocenters. The minimum atomic E-state index is 0.00266. The Labute approximate surface area is 98.3 Å². The molecule has 1 N–H and O–H groups in total. The molecule has 0 aromatic rings. The van der Waals surface area contributed by atoms with Crippen molar-refractivity contribution in [1.82, 2.24) is 10.2 Å². The second-order valence-electron chi connectivity index (χ2n) is 4.63. The first-order valence-corrected chi connectivity index (χ1v) is 6.17. The van der Waals surface area contributed by atoms with Gasteiger partial charge in [0.1, 0.15) is 0 Å². The van der Waals surface area contributed by atoms with Gasteiger partial charge in [-0.2, -0.15) is 0 Å². The van der Waals surface area contributed by atoms with Crippen LogP contribution >= 0.6 is 0 Å². The maximum Gasteiger partial charge on any atom is 0.240 e. The Morgan fingerprint density at radius 3 is 2.69 bits per heavy atom. The normalized spacial score (nSPS) is 23.2. The summed E-state index contributed by atoms with van der Waals surface area (Å²) in [6.45, 7) is 8.48. The van der Waals surface area contributed by atoms with Gasteiger partial charge in [-0.3, -0.25) is 4.79 Å². The van der Waals surface area contributed by atoms with Crippen LogP contribution in [0, 0.1) is 5.92 Å². The number of amides is 1. The third-order valence-electron chi connectivity index (χ3n) is 3.25. The Morgan fingerprint density at radius 1 is 1.56 bits per heavy atom. The molecule has 2 atom stereocenters. The lowest BCUT2D eigenvalue weighted by Crippen LogP contribution is -2.46. The van der Waals surface area contributed by atoms with Gasteiger partial charge in [0, 0.05) is 13.2 Å². The van der Waals surface area contributed by atoms with Gasteiger partial charge in [0.05, 0.1) is 18.7 Å². The van der Waals surface area contributed by atoms with Crippen LogP contribution in [-0.2, 0) is 9.53 Å². The summed E-state index contributed by atoms with van der Waals surface area (Å²) >= 11 is 0. The van der Waals surface area contributed by atoms with Crippen LogP contribution < -0.4 is 5.32 Å². The van der Waals surface area contributed by atoms with Crippen LogP contribution in [0.1, 0.15) is 27.2 Å². The van der Waals surface area contributed by atoms with Crippen LogP contribution in [-0.4, -0.2) is 49.7 Å². The standard InChI is InChI=1S/C12H24N2O2/c1-5-16-8-11(9(2)3)14-7-6-10(13-4)12(14)15/h9-11,13H,5-8H2,1-4H3. The van der Waals surface area contributed by atoms with Crippen molar-refractivity contribution in [1.29, 1.82) is 0 Å². The number of rotatable bonds is 6. The van der Waals surface area contributed by atoms with Gasteiger partial charge in [0.2, 0.25) is 5.91 Å². The first-order chi connectivity index (χ1) is 7.61.